The van der Waals surface area contributed by atoms with E-state index in [2.05, 4.69) is 5.32 Å². The quantitative estimate of drug-likeness (QED) is 0.451. The number of anilines is 1. The molecule has 0 saturated heterocycles. The van der Waals surface area contributed by atoms with Crippen LogP contribution in [0.3, 0.4) is 0 Å². The highest BCUT2D eigenvalue weighted by atomic mass is 35.5. The molecule has 0 aromatic heterocycles. The van der Waals surface area contributed by atoms with Crippen molar-refractivity contribution in [1.29, 1.82) is 0 Å². The number of carbonyl (C=O) groups is 3. The van der Waals surface area contributed by atoms with Gasteiger partial charge in [-0.1, -0.05) is 30.7 Å². The van der Waals surface area contributed by atoms with Crippen molar-refractivity contribution < 1.29 is 19.1 Å². The Morgan fingerprint density at radius 1 is 1.04 bits per heavy atom. The Kier molecular flexibility index (Phi) is 7.12. The number of esters is 1. The predicted molar refractivity (Wildman–Crippen MR) is 101 cm³/mol. The first-order chi connectivity index (χ1) is 12.5. The molecule has 2 aromatic rings. The van der Waals surface area contributed by atoms with Gasteiger partial charge >= 0.3 is 5.97 Å². The van der Waals surface area contributed by atoms with E-state index >= 15 is 0 Å². The van der Waals surface area contributed by atoms with Crippen LogP contribution in [0.4, 0.5) is 5.69 Å². The average molecular weight is 372 g/mol. The van der Waals surface area contributed by atoms with E-state index in [1.165, 1.54) is 6.08 Å². The van der Waals surface area contributed by atoms with Crippen LogP contribution in [0.1, 0.15) is 29.3 Å². The van der Waals surface area contributed by atoms with E-state index in [4.69, 9.17) is 16.3 Å². The van der Waals surface area contributed by atoms with E-state index < -0.39 is 5.97 Å². The Morgan fingerprint density at radius 2 is 1.69 bits per heavy atom. The first-order valence-corrected chi connectivity index (χ1v) is 8.39. The first kappa shape index (κ1) is 19.4. The number of hydrogen-bond donors (Lipinski definition) is 1. The second-order valence-corrected chi connectivity index (χ2v) is 5.83. The molecular weight excluding hydrogens is 354 g/mol. The largest absolute Gasteiger partial charge is 0.454 e. The highest BCUT2D eigenvalue weighted by molar-refractivity contribution is 6.30. The molecule has 6 heteroatoms. The average Bonchev–Trinajstić information content (AvgIpc) is 2.66. The number of halogens is 1. The monoisotopic (exact) mass is 371 g/mol. The van der Waals surface area contributed by atoms with Crippen molar-refractivity contribution in [3.8, 4) is 0 Å². The summed E-state index contributed by atoms with van der Waals surface area (Å²) in [7, 11) is 0. The number of ketones is 1. The number of amides is 1. The predicted octanol–water partition coefficient (Wildman–Crippen LogP) is 4.13. The van der Waals surface area contributed by atoms with E-state index in [1.54, 1.807) is 61.5 Å². The zero-order valence-electron chi connectivity index (χ0n) is 14.2. The lowest BCUT2D eigenvalue weighted by atomic mass is 10.1. The Morgan fingerprint density at radius 3 is 2.31 bits per heavy atom. The van der Waals surface area contributed by atoms with Gasteiger partial charge in [0.2, 0.25) is 5.91 Å². The van der Waals surface area contributed by atoms with Crippen LogP contribution in [-0.2, 0) is 14.3 Å². The van der Waals surface area contributed by atoms with Gasteiger partial charge < -0.3 is 10.1 Å². The molecule has 0 radical (unpaired) electrons. The lowest BCUT2D eigenvalue weighted by molar-refractivity contribution is -0.136. The minimum atomic E-state index is -0.611. The Hall–Kier alpha value is -2.92. The molecule has 5 nitrogen and oxygen atoms in total. The minimum absolute atomic E-state index is 0.106. The molecule has 0 unspecified atom stereocenters. The van der Waals surface area contributed by atoms with Crippen molar-refractivity contribution in [2.45, 2.75) is 13.3 Å². The number of Topliss-reactive ketones (excluding diaryl/α,β-unsaturated/α-hetero) is 1. The van der Waals surface area contributed by atoms with Crippen LogP contribution in [-0.4, -0.2) is 24.3 Å². The van der Waals surface area contributed by atoms with E-state index in [9.17, 15) is 14.4 Å². The summed E-state index contributed by atoms with van der Waals surface area (Å²) in [5.74, 6) is -1.04. The molecule has 1 amide bonds. The molecule has 26 heavy (non-hydrogen) atoms. The van der Waals surface area contributed by atoms with E-state index in [0.29, 0.717) is 22.7 Å². The fourth-order valence-corrected chi connectivity index (χ4v) is 2.12. The van der Waals surface area contributed by atoms with E-state index in [0.717, 1.165) is 5.56 Å². The molecule has 0 aliphatic heterocycles. The molecule has 2 rings (SSSR count). The van der Waals surface area contributed by atoms with Crippen molar-refractivity contribution in [1.82, 2.24) is 0 Å². The lowest BCUT2D eigenvalue weighted by Crippen LogP contribution is -2.13. The van der Waals surface area contributed by atoms with Gasteiger partial charge in [-0.3, -0.25) is 9.59 Å². The summed E-state index contributed by atoms with van der Waals surface area (Å²) in [5, 5.41) is 3.30. The van der Waals surface area contributed by atoms with Gasteiger partial charge in [0.15, 0.2) is 12.4 Å². The van der Waals surface area contributed by atoms with Crippen molar-refractivity contribution in [2.24, 2.45) is 0 Å². The summed E-state index contributed by atoms with van der Waals surface area (Å²) in [6, 6.07) is 13.3. The number of nitrogens with one attached hydrogen (secondary N) is 1. The molecular formula is C20H18ClNO4. The molecule has 0 atom stereocenters. The van der Waals surface area contributed by atoms with E-state index in [1.807, 2.05) is 0 Å². The number of hydrogen-bond acceptors (Lipinski definition) is 4. The van der Waals surface area contributed by atoms with Crippen LogP contribution in [0.2, 0.25) is 5.02 Å². The zero-order chi connectivity index (χ0) is 18.9. The highest BCUT2D eigenvalue weighted by Crippen LogP contribution is 2.12. The van der Waals surface area contributed by atoms with Crippen molar-refractivity contribution in [3.05, 3.63) is 70.8 Å². The van der Waals surface area contributed by atoms with Gasteiger partial charge in [0.1, 0.15) is 0 Å². The Labute approximate surface area is 156 Å². The fourth-order valence-electron chi connectivity index (χ4n) is 2.00. The molecule has 0 spiro atoms. The topological polar surface area (TPSA) is 72.5 Å². The Bertz CT molecular complexity index is 811. The summed E-state index contributed by atoms with van der Waals surface area (Å²) in [6.45, 7) is 1.40. The second kappa shape index (κ2) is 9.53. The van der Waals surface area contributed by atoms with Crippen molar-refractivity contribution >= 4 is 41.0 Å². The summed E-state index contributed by atoms with van der Waals surface area (Å²) < 4.78 is 4.94. The molecule has 0 saturated carbocycles. The maximum atomic E-state index is 12.0. The van der Waals surface area contributed by atoms with Crippen molar-refractivity contribution in [2.75, 3.05) is 11.9 Å². The number of benzene rings is 2. The maximum absolute atomic E-state index is 12.0. The smallest absolute Gasteiger partial charge is 0.331 e. The van der Waals surface area contributed by atoms with Gasteiger partial charge in [-0.05, 0) is 48.0 Å². The maximum Gasteiger partial charge on any atom is 0.331 e. The van der Waals surface area contributed by atoms with Crippen LogP contribution < -0.4 is 5.32 Å². The second-order valence-electron chi connectivity index (χ2n) is 5.39. The molecule has 134 valence electrons. The standard InChI is InChI=1S/C20H18ClNO4/c1-2-19(24)22-17-10-6-15(7-11-17)18(23)13-26-20(25)12-5-14-3-8-16(21)9-4-14/h3-12H,2,13H2,1H3,(H,22,24)/b12-5+. The summed E-state index contributed by atoms with van der Waals surface area (Å²) in [5.41, 5.74) is 1.80. The van der Waals surface area contributed by atoms with Gasteiger partial charge in [0.25, 0.3) is 0 Å². The Balaban J connectivity index is 1.84. The van der Waals surface area contributed by atoms with Crippen LogP contribution >= 0.6 is 11.6 Å². The van der Waals surface area contributed by atoms with Crippen LogP contribution in [0, 0.1) is 0 Å². The first-order valence-electron chi connectivity index (χ1n) is 8.01. The third-order valence-electron chi connectivity index (χ3n) is 3.44. The normalized spacial score (nSPS) is 10.5. The van der Waals surface area contributed by atoms with E-state index in [-0.39, 0.29) is 18.3 Å². The van der Waals surface area contributed by atoms with Gasteiger partial charge in [-0.2, -0.15) is 0 Å². The summed E-state index contributed by atoms with van der Waals surface area (Å²) in [6.07, 6.45) is 3.20. The molecule has 0 fully saturated rings. The van der Waals surface area contributed by atoms with Gasteiger partial charge in [-0.15, -0.1) is 0 Å². The zero-order valence-corrected chi connectivity index (χ0v) is 15.0. The number of carbonyl (C=O) groups excluding carboxylic acids is 3. The summed E-state index contributed by atoms with van der Waals surface area (Å²) in [4.78, 5) is 35.0. The number of ether oxygens (including phenoxy) is 1. The summed E-state index contributed by atoms with van der Waals surface area (Å²) >= 11 is 5.79. The molecule has 0 aliphatic rings. The lowest BCUT2D eigenvalue weighted by Gasteiger charge is -2.05. The molecule has 1 N–H and O–H groups in total. The third kappa shape index (κ3) is 6.18. The molecule has 0 heterocycles. The van der Waals surface area contributed by atoms with Crippen LogP contribution in [0.5, 0.6) is 0 Å². The molecule has 2 aromatic carbocycles. The highest BCUT2D eigenvalue weighted by Gasteiger charge is 2.09. The third-order valence-corrected chi connectivity index (χ3v) is 3.69. The van der Waals surface area contributed by atoms with Crippen LogP contribution in [0.25, 0.3) is 6.08 Å². The SMILES string of the molecule is CCC(=O)Nc1ccc(C(=O)COC(=O)/C=C/c2ccc(Cl)cc2)cc1. The van der Waals surface area contributed by atoms with Gasteiger partial charge in [0.05, 0.1) is 0 Å². The van der Waals surface area contributed by atoms with Crippen molar-refractivity contribution in [3.63, 3.8) is 0 Å². The number of rotatable bonds is 7. The van der Waals surface area contributed by atoms with Gasteiger partial charge in [0, 0.05) is 28.8 Å². The van der Waals surface area contributed by atoms with Gasteiger partial charge in [-0.25, -0.2) is 4.79 Å². The fraction of sp³-hybridized carbons (Fsp3) is 0.150. The van der Waals surface area contributed by atoms with Crippen LogP contribution in [0.15, 0.2) is 54.6 Å². The molecule has 0 aliphatic carbocycles. The minimum Gasteiger partial charge on any atom is -0.454 e. The molecule has 0 bridgehead atoms.